The molecule has 0 bridgehead atoms. The number of Topliss-reactive ketones (excluding diaryl/α,β-unsaturated/α-hetero) is 1. The predicted octanol–water partition coefficient (Wildman–Crippen LogP) is 3.89. The summed E-state index contributed by atoms with van der Waals surface area (Å²) in [5.41, 5.74) is 1.74. The molecule has 178 valence electrons. The molecule has 2 rings (SSSR count). The fourth-order valence-corrected chi connectivity index (χ4v) is 3.51. The number of allylic oxidation sites excluding steroid dienone is 7. The molecule has 0 spiro atoms. The third-order valence-electron chi connectivity index (χ3n) is 5.28. The van der Waals surface area contributed by atoms with E-state index in [1.165, 1.54) is 25.0 Å². The Kier molecular flexibility index (Phi) is 8.88. The number of hydrogen-bond donors (Lipinski definition) is 0. The van der Waals surface area contributed by atoms with E-state index in [2.05, 4.69) is 26.8 Å². The van der Waals surface area contributed by atoms with Gasteiger partial charge in [-0.25, -0.2) is 0 Å². The molecule has 0 unspecified atom stereocenters. The first-order valence-electron chi connectivity index (χ1n) is 10.9. The van der Waals surface area contributed by atoms with Crippen LogP contribution in [0.5, 0.6) is 0 Å². The minimum absolute atomic E-state index is 0.0595. The molecule has 1 heterocycles. The van der Waals surface area contributed by atoms with Gasteiger partial charge in [-0.2, -0.15) is 0 Å². The van der Waals surface area contributed by atoms with Gasteiger partial charge >= 0.3 is 11.9 Å². The second kappa shape index (κ2) is 11.2. The second-order valence-electron chi connectivity index (χ2n) is 8.60. The van der Waals surface area contributed by atoms with Crippen molar-refractivity contribution < 1.29 is 33.4 Å². The van der Waals surface area contributed by atoms with Crippen LogP contribution in [0.2, 0.25) is 0 Å². The van der Waals surface area contributed by atoms with Crippen LogP contribution in [0.15, 0.2) is 58.7 Å². The summed E-state index contributed by atoms with van der Waals surface area (Å²) in [6.45, 7) is 10.1. The van der Waals surface area contributed by atoms with Gasteiger partial charge in [0.05, 0.1) is 0 Å². The van der Waals surface area contributed by atoms with Gasteiger partial charge in [-0.1, -0.05) is 41.0 Å². The number of rotatable bonds is 10. The summed E-state index contributed by atoms with van der Waals surface area (Å²) < 4.78 is 15.8. The summed E-state index contributed by atoms with van der Waals surface area (Å²) in [5, 5.41) is 0. The van der Waals surface area contributed by atoms with E-state index in [9.17, 15) is 19.2 Å². The van der Waals surface area contributed by atoms with E-state index < -0.39 is 41.3 Å². The van der Waals surface area contributed by atoms with Gasteiger partial charge in [0, 0.05) is 19.4 Å². The lowest BCUT2D eigenvalue weighted by atomic mass is 9.83. The molecule has 0 N–H and O–H groups in total. The van der Waals surface area contributed by atoms with Crippen molar-refractivity contribution in [1.82, 2.24) is 0 Å². The molecule has 0 aromatic rings. The van der Waals surface area contributed by atoms with Gasteiger partial charge in [0.25, 0.3) is 0 Å². The minimum atomic E-state index is -1.58. The lowest BCUT2D eigenvalue weighted by Gasteiger charge is -2.23. The molecule has 1 saturated heterocycles. The summed E-state index contributed by atoms with van der Waals surface area (Å²) >= 11 is 0. The number of ketones is 2. The molecular formula is C26H32O7. The standard InChI is InChI=1S/C26H32O7/c1-16(2)9-7-10-17(3)11-8-12-18(4)13-23(32-20(6)28)26-22(29)14-21(15-31-19(5)27)24(30)25(26)33-26/h8-9,11-14,23,25H,7,10,15H2,1-6H3/b12-8+,17-11+,18-13+/t23-,25-,26-/m1/s1. The van der Waals surface area contributed by atoms with Crippen molar-refractivity contribution in [2.75, 3.05) is 6.61 Å². The van der Waals surface area contributed by atoms with Crippen molar-refractivity contribution in [3.8, 4) is 0 Å². The molecule has 2 aliphatic rings. The molecule has 0 aromatic carbocycles. The summed E-state index contributed by atoms with van der Waals surface area (Å²) in [7, 11) is 0. The van der Waals surface area contributed by atoms with Crippen LogP contribution in [-0.2, 0) is 33.4 Å². The molecular weight excluding hydrogens is 424 g/mol. The zero-order chi connectivity index (χ0) is 24.8. The van der Waals surface area contributed by atoms with E-state index in [-0.39, 0.29) is 12.2 Å². The number of esters is 2. The van der Waals surface area contributed by atoms with Crippen LogP contribution in [0.4, 0.5) is 0 Å². The molecule has 0 aromatic heterocycles. The summed E-state index contributed by atoms with van der Waals surface area (Å²) in [6.07, 6.45) is 10.4. The Balaban J connectivity index is 2.18. The molecule has 1 aliphatic carbocycles. The number of fused-ring (bicyclic) bond motifs is 1. The third kappa shape index (κ3) is 6.96. The lowest BCUT2D eigenvalue weighted by Crippen LogP contribution is -2.46. The Morgan fingerprint density at radius 3 is 2.42 bits per heavy atom. The van der Waals surface area contributed by atoms with Gasteiger partial charge in [0.1, 0.15) is 6.61 Å². The van der Waals surface area contributed by atoms with Gasteiger partial charge in [-0.3, -0.25) is 19.2 Å². The highest BCUT2D eigenvalue weighted by Crippen LogP contribution is 2.47. The van der Waals surface area contributed by atoms with E-state index in [0.29, 0.717) is 0 Å². The lowest BCUT2D eigenvalue weighted by molar-refractivity contribution is -0.149. The van der Waals surface area contributed by atoms with Crippen molar-refractivity contribution in [1.29, 1.82) is 0 Å². The van der Waals surface area contributed by atoms with Crippen LogP contribution in [-0.4, -0.2) is 47.9 Å². The summed E-state index contributed by atoms with van der Waals surface area (Å²) in [5.74, 6) is -2.11. The SMILES string of the molecule is CC(=O)OCC1=CC(=O)[C@]2([C@@H](/C=C(C)/C=C/C=C(\C)CCC=C(C)C)OC(C)=O)O[C@@H]2C1=O. The van der Waals surface area contributed by atoms with Crippen molar-refractivity contribution in [3.63, 3.8) is 0 Å². The summed E-state index contributed by atoms with van der Waals surface area (Å²) in [4.78, 5) is 48.3. The first kappa shape index (κ1) is 26.2. The van der Waals surface area contributed by atoms with Crippen molar-refractivity contribution >= 4 is 23.5 Å². The Labute approximate surface area is 194 Å². The van der Waals surface area contributed by atoms with Crippen LogP contribution < -0.4 is 0 Å². The highest BCUT2D eigenvalue weighted by Gasteiger charge is 2.72. The molecule has 7 nitrogen and oxygen atoms in total. The molecule has 3 atom stereocenters. The number of hydrogen-bond acceptors (Lipinski definition) is 7. The average molecular weight is 457 g/mol. The maximum atomic E-state index is 12.9. The van der Waals surface area contributed by atoms with Crippen molar-refractivity contribution in [2.24, 2.45) is 0 Å². The van der Waals surface area contributed by atoms with Crippen molar-refractivity contribution in [2.45, 2.75) is 72.2 Å². The van der Waals surface area contributed by atoms with E-state index in [4.69, 9.17) is 14.2 Å². The fraction of sp³-hybridized carbons (Fsp3) is 0.462. The number of epoxide rings is 1. The Morgan fingerprint density at radius 2 is 1.82 bits per heavy atom. The zero-order valence-corrected chi connectivity index (χ0v) is 20.1. The Hall–Kier alpha value is -3.06. The third-order valence-corrected chi connectivity index (χ3v) is 5.28. The normalized spacial score (nSPS) is 23.6. The van der Waals surface area contributed by atoms with Crippen LogP contribution in [0.3, 0.4) is 0 Å². The molecule has 0 radical (unpaired) electrons. The first-order valence-corrected chi connectivity index (χ1v) is 10.9. The van der Waals surface area contributed by atoms with Gasteiger partial charge in [-0.05, 0) is 52.7 Å². The molecule has 0 amide bonds. The van der Waals surface area contributed by atoms with Crippen LogP contribution >= 0.6 is 0 Å². The van der Waals surface area contributed by atoms with Crippen LogP contribution in [0, 0.1) is 0 Å². The fourth-order valence-electron chi connectivity index (χ4n) is 3.51. The first-order chi connectivity index (χ1) is 15.5. The highest BCUT2D eigenvalue weighted by atomic mass is 16.7. The van der Waals surface area contributed by atoms with Crippen LogP contribution in [0.1, 0.15) is 54.4 Å². The molecule has 1 fully saturated rings. The van der Waals surface area contributed by atoms with E-state index in [0.717, 1.165) is 24.5 Å². The number of ether oxygens (including phenoxy) is 3. The molecule has 0 saturated carbocycles. The summed E-state index contributed by atoms with van der Waals surface area (Å²) in [6, 6.07) is 0. The van der Waals surface area contributed by atoms with E-state index in [1.54, 1.807) is 6.08 Å². The van der Waals surface area contributed by atoms with Crippen LogP contribution in [0.25, 0.3) is 0 Å². The minimum Gasteiger partial charge on any atom is -0.461 e. The van der Waals surface area contributed by atoms with E-state index in [1.807, 2.05) is 25.2 Å². The monoisotopic (exact) mass is 456 g/mol. The van der Waals surface area contributed by atoms with Crippen molar-refractivity contribution in [3.05, 3.63) is 58.7 Å². The Morgan fingerprint density at radius 1 is 1.12 bits per heavy atom. The van der Waals surface area contributed by atoms with Gasteiger partial charge in [0.15, 0.2) is 23.8 Å². The highest BCUT2D eigenvalue weighted by molar-refractivity contribution is 6.19. The molecule has 7 heteroatoms. The quantitative estimate of drug-likeness (QED) is 0.213. The molecule has 1 aliphatic heterocycles. The van der Waals surface area contributed by atoms with E-state index >= 15 is 0 Å². The van der Waals surface area contributed by atoms with Gasteiger partial charge < -0.3 is 14.2 Å². The number of carbonyl (C=O) groups excluding carboxylic acids is 4. The Bertz CT molecular complexity index is 973. The maximum Gasteiger partial charge on any atom is 0.303 e. The zero-order valence-electron chi connectivity index (χ0n) is 20.1. The largest absolute Gasteiger partial charge is 0.461 e. The van der Waals surface area contributed by atoms with Gasteiger partial charge in [0.2, 0.25) is 5.60 Å². The molecule has 33 heavy (non-hydrogen) atoms. The smallest absolute Gasteiger partial charge is 0.303 e. The topological polar surface area (TPSA) is 99.3 Å². The predicted molar refractivity (Wildman–Crippen MR) is 123 cm³/mol. The van der Waals surface area contributed by atoms with Gasteiger partial charge in [-0.15, -0.1) is 0 Å². The maximum absolute atomic E-state index is 12.9. The second-order valence-corrected chi connectivity index (χ2v) is 8.60. The number of carbonyl (C=O) groups is 4. The average Bonchev–Trinajstić information content (AvgIpc) is 3.46.